The molecule has 0 saturated carbocycles. The summed E-state index contributed by atoms with van der Waals surface area (Å²) < 4.78 is 0. The fourth-order valence-corrected chi connectivity index (χ4v) is 6.87. The lowest BCUT2D eigenvalue weighted by Crippen LogP contribution is -2.47. The van der Waals surface area contributed by atoms with Crippen LogP contribution in [0.5, 0.6) is 5.75 Å². The van der Waals surface area contributed by atoms with Gasteiger partial charge in [-0.15, -0.1) is 53.0 Å². The Labute approximate surface area is 283 Å². The topological polar surface area (TPSA) is 33.2 Å². The molecule has 1 N–H and O–H groups in total. The van der Waals surface area contributed by atoms with Crippen LogP contribution in [0.3, 0.4) is 0 Å². The Morgan fingerprint density at radius 1 is 0.705 bits per heavy atom. The summed E-state index contributed by atoms with van der Waals surface area (Å²) in [6.45, 7) is 10.3. The maximum atomic E-state index is 11.5. The Morgan fingerprint density at radius 2 is 1.16 bits per heavy atom. The Hall–Kier alpha value is -2.12. The van der Waals surface area contributed by atoms with Gasteiger partial charge in [-0.25, -0.2) is 0 Å². The van der Waals surface area contributed by atoms with Crippen molar-refractivity contribution in [2.45, 2.75) is 32.1 Å². The van der Waals surface area contributed by atoms with Gasteiger partial charge in [-0.2, -0.15) is 0 Å². The van der Waals surface area contributed by atoms with Gasteiger partial charge in [0.2, 0.25) is 0 Å². The molecule has 0 unspecified atom stereocenters. The van der Waals surface area contributed by atoms with E-state index in [-0.39, 0.29) is 6.17 Å². The van der Waals surface area contributed by atoms with E-state index in [9.17, 15) is 5.11 Å². The fraction of sp³-hybridized carbons (Fsp3) is 0.429. The maximum Gasteiger partial charge on any atom is 0.125 e. The summed E-state index contributed by atoms with van der Waals surface area (Å²) in [7, 11) is 0. The van der Waals surface area contributed by atoms with Crippen molar-refractivity contribution in [2.24, 2.45) is 0 Å². The largest absolute Gasteiger partial charge is 0.507 e. The molecule has 1 heterocycles. The normalized spacial score (nSPS) is 14.5. The first kappa shape index (κ1) is 34.7. The first-order valence-corrected chi connectivity index (χ1v) is 17.5. The van der Waals surface area contributed by atoms with Crippen LogP contribution in [0.25, 0.3) is 0 Å². The number of benzene rings is 3. The van der Waals surface area contributed by atoms with Crippen molar-refractivity contribution < 1.29 is 5.11 Å². The van der Waals surface area contributed by atoms with Crippen LogP contribution in [0.1, 0.15) is 34.8 Å². The highest BCUT2D eigenvalue weighted by molar-refractivity contribution is 6.19. The van der Waals surface area contributed by atoms with E-state index in [0.29, 0.717) is 35.7 Å². The summed E-state index contributed by atoms with van der Waals surface area (Å²) in [4.78, 5) is 9.40. The number of phenolic OH excluding ortho intramolecular Hbond substituents is 1. The SMILES string of the molecule is C=CCc1cccc(C2N(Cc3ccc(N(CCCl)CCCl)cc3)CCCN2Cc2ccc(N(CCCl)CCCl)cc2)c1O. The van der Waals surface area contributed by atoms with Crippen LogP contribution in [-0.4, -0.2) is 77.7 Å². The average molecular weight is 679 g/mol. The first-order valence-electron chi connectivity index (χ1n) is 15.3. The molecule has 0 bridgehead atoms. The molecule has 0 spiro atoms. The second kappa shape index (κ2) is 18.1. The van der Waals surface area contributed by atoms with E-state index in [1.807, 2.05) is 18.2 Å². The molecular formula is C35H44Cl4N4O. The fourth-order valence-electron chi connectivity index (χ4n) is 6.06. The van der Waals surface area contributed by atoms with Crippen LogP contribution in [0.15, 0.2) is 79.4 Å². The lowest BCUT2D eigenvalue weighted by Gasteiger charge is -2.44. The van der Waals surface area contributed by atoms with Gasteiger partial charge in [0.25, 0.3) is 0 Å². The zero-order valence-corrected chi connectivity index (χ0v) is 28.4. The van der Waals surface area contributed by atoms with Gasteiger partial charge in [-0.05, 0) is 53.8 Å². The minimum Gasteiger partial charge on any atom is -0.507 e. The van der Waals surface area contributed by atoms with Crippen molar-refractivity contribution in [1.82, 2.24) is 9.80 Å². The standard InChI is InChI=1S/C35H44Cl4N4O/c1-2-5-30-6-3-7-33(34(30)44)35-42(26-28-8-12-31(13-9-28)40(22-16-36)23-17-37)20-4-21-43(35)27-29-10-14-32(15-11-29)41(24-18-38)25-19-39/h2-3,6-15,35,44H,1,4-5,16-27H2. The summed E-state index contributed by atoms with van der Waals surface area (Å²) in [5.74, 6) is 2.58. The third-order valence-electron chi connectivity index (χ3n) is 8.17. The van der Waals surface area contributed by atoms with Gasteiger partial charge in [0.1, 0.15) is 5.75 Å². The Bertz CT molecular complexity index is 1210. The number of nitrogens with zero attached hydrogens (tertiary/aromatic N) is 4. The van der Waals surface area contributed by atoms with Crippen molar-refractivity contribution in [2.75, 3.05) is 72.6 Å². The molecule has 0 atom stereocenters. The molecule has 1 saturated heterocycles. The molecular weight excluding hydrogens is 634 g/mol. The number of alkyl halides is 4. The number of allylic oxidation sites excluding steroid dienone is 1. The molecule has 1 fully saturated rings. The first-order chi connectivity index (χ1) is 21.5. The maximum absolute atomic E-state index is 11.5. The Morgan fingerprint density at radius 3 is 1.57 bits per heavy atom. The van der Waals surface area contributed by atoms with Crippen molar-refractivity contribution in [3.63, 3.8) is 0 Å². The number of hydrogen-bond acceptors (Lipinski definition) is 5. The summed E-state index contributed by atoms with van der Waals surface area (Å²) in [5, 5.41) is 11.5. The summed E-state index contributed by atoms with van der Waals surface area (Å²) in [5.41, 5.74) is 6.53. The van der Waals surface area contributed by atoms with Crippen molar-refractivity contribution in [3.8, 4) is 5.75 Å². The van der Waals surface area contributed by atoms with Gasteiger partial charge in [0, 0.05) is 92.8 Å². The highest BCUT2D eigenvalue weighted by atomic mass is 35.5. The van der Waals surface area contributed by atoms with Crippen LogP contribution in [0.4, 0.5) is 11.4 Å². The van der Waals surface area contributed by atoms with Gasteiger partial charge in [0.05, 0.1) is 6.17 Å². The molecule has 4 rings (SSSR count). The highest BCUT2D eigenvalue weighted by Crippen LogP contribution is 2.38. The monoisotopic (exact) mass is 676 g/mol. The molecule has 5 nitrogen and oxygen atoms in total. The zero-order chi connectivity index (χ0) is 31.3. The summed E-state index contributed by atoms with van der Waals surface area (Å²) >= 11 is 24.2. The second-order valence-electron chi connectivity index (χ2n) is 11.1. The molecule has 3 aromatic rings. The van der Waals surface area contributed by atoms with Crippen LogP contribution in [-0.2, 0) is 19.5 Å². The van der Waals surface area contributed by atoms with Crippen LogP contribution in [0, 0.1) is 0 Å². The number of phenols is 1. The second-order valence-corrected chi connectivity index (χ2v) is 12.6. The molecule has 0 aromatic heterocycles. The van der Waals surface area contributed by atoms with E-state index in [2.05, 4.69) is 80.8 Å². The third kappa shape index (κ3) is 9.22. The molecule has 44 heavy (non-hydrogen) atoms. The van der Waals surface area contributed by atoms with Crippen LogP contribution in [0.2, 0.25) is 0 Å². The summed E-state index contributed by atoms with van der Waals surface area (Å²) in [6.07, 6.45) is 3.42. The Balaban J connectivity index is 1.61. The molecule has 1 aliphatic heterocycles. The predicted octanol–water partition coefficient (Wildman–Crippen LogP) is 8.10. The van der Waals surface area contributed by atoms with Crippen molar-refractivity contribution in [3.05, 3.63) is 102 Å². The number of para-hydroxylation sites is 1. The van der Waals surface area contributed by atoms with E-state index < -0.39 is 0 Å². The highest BCUT2D eigenvalue weighted by Gasteiger charge is 2.33. The molecule has 1 aliphatic rings. The molecule has 0 amide bonds. The number of anilines is 2. The third-order valence-corrected chi connectivity index (χ3v) is 8.84. The van der Waals surface area contributed by atoms with E-state index in [1.165, 1.54) is 11.1 Å². The number of aromatic hydroxyl groups is 1. The van der Waals surface area contributed by atoms with Gasteiger partial charge in [-0.3, -0.25) is 9.80 Å². The van der Waals surface area contributed by atoms with Crippen molar-refractivity contribution in [1.29, 1.82) is 0 Å². The van der Waals surface area contributed by atoms with E-state index in [1.54, 1.807) is 0 Å². The molecule has 0 radical (unpaired) electrons. The van der Waals surface area contributed by atoms with Gasteiger partial charge < -0.3 is 14.9 Å². The minimum atomic E-state index is -0.0825. The lowest BCUT2D eigenvalue weighted by atomic mass is 9.99. The zero-order valence-electron chi connectivity index (χ0n) is 25.4. The van der Waals surface area contributed by atoms with Gasteiger partial charge in [0.15, 0.2) is 0 Å². The smallest absolute Gasteiger partial charge is 0.125 e. The van der Waals surface area contributed by atoms with E-state index in [0.717, 1.165) is 81.3 Å². The Kier molecular flexibility index (Phi) is 14.3. The van der Waals surface area contributed by atoms with E-state index >= 15 is 0 Å². The molecule has 3 aromatic carbocycles. The van der Waals surface area contributed by atoms with Crippen molar-refractivity contribution >= 4 is 57.8 Å². The quantitative estimate of drug-likeness (QED) is 0.115. The average Bonchev–Trinajstić information content (AvgIpc) is 3.03. The molecule has 9 heteroatoms. The lowest BCUT2D eigenvalue weighted by molar-refractivity contribution is -0.0104. The number of halogens is 4. The number of hydrogen-bond donors (Lipinski definition) is 1. The van der Waals surface area contributed by atoms with Gasteiger partial charge >= 0.3 is 0 Å². The van der Waals surface area contributed by atoms with Crippen LogP contribution >= 0.6 is 46.4 Å². The van der Waals surface area contributed by atoms with Crippen LogP contribution < -0.4 is 9.80 Å². The summed E-state index contributed by atoms with van der Waals surface area (Å²) in [6, 6.07) is 23.5. The molecule has 0 aliphatic carbocycles. The minimum absolute atomic E-state index is 0.0825. The molecule has 238 valence electrons. The van der Waals surface area contributed by atoms with Gasteiger partial charge in [-0.1, -0.05) is 48.5 Å². The predicted molar refractivity (Wildman–Crippen MR) is 190 cm³/mol. The van der Waals surface area contributed by atoms with E-state index in [4.69, 9.17) is 46.4 Å². The number of rotatable bonds is 17.